The average molecular weight is 288 g/mol. The van der Waals surface area contributed by atoms with Gasteiger partial charge in [0.25, 0.3) is 5.91 Å². The normalized spacial score (nSPS) is 16.7. The number of hydrogen-bond donors (Lipinski definition) is 2. The lowest BCUT2D eigenvalue weighted by atomic mass is 10.1. The van der Waals surface area contributed by atoms with Crippen LogP contribution in [0.1, 0.15) is 11.6 Å². The van der Waals surface area contributed by atoms with Crippen molar-refractivity contribution in [2.24, 2.45) is 0 Å². The Labute approximate surface area is 120 Å². The highest BCUT2D eigenvalue weighted by atomic mass is 32.2. The van der Waals surface area contributed by atoms with Gasteiger partial charge in [0.2, 0.25) is 0 Å². The maximum Gasteiger partial charge on any atom is 0.251 e. The summed E-state index contributed by atoms with van der Waals surface area (Å²) in [4.78, 5) is 13.1. The molecule has 5 heteroatoms. The molecule has 0 saturated carbocycles. The standard InChI is InChI=1S/C15H13FN2OS/c1-20-11-5-3-10(4-6-11)17-14-12-8-9(16)2-7-13(12)18-15(14)19/h2-8,14,17H,1H3,(H,18,19). The van der Waals surface area contributed by atoms with E-state index in [2.05, 4.69) is 10.6 Å². The molecule has 0 radical (unpaired) electrons. The Morgan fingerprint density at radius 1 is 1.20 bits per heavy atom. The predicted octanol–water partition coefficient (Wildman–Crippen LogP) is 3.65. The van der Waals surface area contributed by atoms with Crippen LogP contribution in [0.15, 0.2) is 47.4 Å². The molecule has 20 heavy (non-hydrogen) atoms. The number of rotatable bonds is 3. The van der Waals surface area contributed by atoms with Crippen LogP contribution in [-0.2, 0) is 4.79 Å². The first-order valence-electron chi connectivity index (χ1n) is 6.18. The Balaban J connectivity index is 1.87. The van der Waals surface area contributed by atoms with E-state index in [4.69, 9.17) is 0 Å². The van der Waals surface area contributed by atoms with Gasteiger partial charge in [-0.05, 0) is 48.7 Å². The molecule has 3 nitrogen and oxygen atoms in total. The summed E-state index contributed by atoms with van der Waals surface area (Å²) in [6.45, 7) is 0. The number of benzene rings is 2. The fourth-order valence-electron chi connectivity index (χ4n) is 2.23. The number of carbonyl (C=O) groups excluding carboxylic acids is 1. The summed E-state index contributed by atoms with van der Waals surface area (Å²) in [6, 6.07) is 11.5. The molecule has 2 aromatic rings. The van der Waals surface area contributed by atoms with Gasteiger partial charge in [0.1, 0.15) is 11.9 Å². The number of fused-ring (bicyclic) bond motifs is 1. The summed E-state index contributed by atoms with van der Waals surface area (Å²) in [7, 11) is 0. The minimum Gasteiger partial charge on any atom is -0.370 e. The Kier molecular flexibility index (Phi) is 3.36. The summed E-state index contributed by atoms with van der Waals surface area (Å²) in [5.41, 5.74) is 2.14. The molecule has 1 aliphatic rings. The molecule has 1 amide bonds. The monoisotopic (exact) mass is 288 g/mol. The van der Waals surface area contributed by atoms with E-state index < -0.39 is 6.04 Å². The Hall–Kier alpha value is -2.01. The molecular weight excluding hydrogens is 275 g/mol. The number of anilines is 2. The van der Waals surface area contributed by atoms with Crippen molar-refractivity contribution < 1.29 is 9.18 Å². The number of thioether (sulfide) groups is 1. The van der Waals surface area contributed by atoms with Gasteiger partial charge in [0.15, 0.2) is 0 Å². The highest BCUT2D eigenvalue weighted by Crippen LogP contribution is 2.33. The van der Waals surface area contributed by atoms with Crippen LogP contribution in [0.25, 0.3) is 0 Å². The van der Waals surface area contributed by atoms with E-state index in [1.807, 2.05) is 30.5 Å². The maximum absolute atomic E-state index is 13.3. The third kappa shape index (κ3) is 2.36. The largest absolute Gasteiger partial charge is 0.370 e. The third-order valence-corrected chi connectivity index (χ3v) is 3.99. The molecule has 102 valence electrons. The van der Waals surface area contributed by atoms with E-state index in [1.54, 1.807) is 17.8 Å². The zero-order chi connectivity index (χ0) is 14.1. The van der Waals surface area contributed by atoms with E-state index >= 15 is 0 Å². The van der Waals surface area contributed by atoms with E-state index in [1.165, 1.54) is 12.1 Å². The van der Waals surface area contributed by atoms with E-state index in [9.17, 15) is 9.18 Å². The predicted molar refractivity (Wildman–Crippen MR) is 79.6 cm³/mol. The number of hydrogen-bond acceptors (Lipinski definition) is 3. The summed E-state index contributed by atoms with van der Waals surface area (Å²) >= 11 is 1.65. The quantitative estimate of drug-likeness (QED) is 0.847. The van der Waals surface area contributed by atoms with E-state index in [0.717, 1.165) is 10.6 Å². The van der Waals surface area contributed by atoms with Gasteiger partial charge in [-0.1, -0.05) is 0 Å². The van der Waals surface area contributed by atoms with Crippen molar-refractivity contribution in [2.45, 2.75) is 10.9 Å². The zero-order valence-electron chi connectivity index (χ0n) is 10.8. The van der Waals surface area contributed by atoms with E-state index in [-0.39, 0.29) is 11.7 Å². The molecule has 0 bridgehead atoms. The first-order valence-corrected chi connectivity index (χ1v) is 7.41. The molecule has 1 unspecified atom stereocenters. The van der Waals surface area contributed by atoms with Crippen molar-refractivity contribution in [3.63, 3.8) is 0 Å². The molecule has 3 rings (SSSR count). The smallest absolute Gasteiger partial charge is 0.251 e. The highest BCUT2D eigenvalue weighted by molar-refractivity contribution is 7.98. The van der Waals surface area contributed by atoms with Crippen LogP contribution in [0.2, 0.25) is 0 Å². The number of carbonyl (C=O) groups is 1. The molecule has 0 spiro atoms. The Morgan fingerprint density at radius 2 is 1.95 bits per heavy atom. The summed E-state index contributed by atoms with van der Waals surface area (Å²) in [6.07, 6.45) is 2.01. The minimum atomic E-state index is -0.555. The van der Waals surface area contributed by atoms with Crippen LogP contribution in [0.3, 0.4) is 0 Å². The van der Waals surface area contributed by atoms with Crippen LogP contribution < -0.4 is 10.6 Å². The van der Waals surface area contributed by atoms with Crippen LogP contribution in [0.4, 0.5) is 15.8 Å². The van der Waals surface area contributed by atoms with Crippen LogP contribution >= 0.6 is 11.8 Å². The lowest BCUT2D eigenvalue weighted by Crippen LogP contribution is -2.19. The van der Waals surface area contributed by atoms with Crippen LogP contribution in [0.5, 0.6) is 0 Å². The first kappa shape index (κ1) is 13.0. The fraction of sp³-hybridized carbons (Fsp3) is 0.133. The van der Waals surface area contributed by atoms with Gasteiger partial charge in [0.05, 0.1) is 0 Å². The zero-order valence-corrected chi connectivity index (χ0v) is 11.6. The van der Waals surface area contributed by atoms with Crippen LogP contribution in [-0.4, -0.2) is 12.2 Å². The average Bonchev–Trinajstić information content (AvgIpc) is 2.76. The van der Waals surface area contributed by atoms with Gasteiger partial charge in [-0.25, -0.2) is 4.39 Å². The lowest BCUT2D eigenvalue weighted by Gasteiger charge is -2.13. The molecule has 0 fully saturated rings. The van der Waals surface area contributed by atoms with Gasteiger partial charge in [0, 0.05) is 21.8 Å². The fourth-order valence-corrected chi connectivity index (χ4v) is 2.64. The molecule has 1 aliphatic heterocycles. The second-order valence-electron chi connectivity index (χ2n) is 4.53. The van der Waals surface area contributed by atoms with Crippen LogP contribution in [0, 0.1) is 5.82 Å². The molecular formula is C15H13FN2OS. The second kappa shape index (κ2) is 5.17. The van der Waals surface area contributed by atoms with Crippen molar-refractivity contribution >= 4 is 29.0 Å². The number of halogens is 1. The maximum atomic E-state index is 13.3. The Morgan fingerprint density at radius 3 is 2.65 bits per heavy atom. The second-order valence-corrected chi connectivity index (χ2v) is 5.41. The van der Waals surface area contributed by atoms with Crippen molar-refractivity contribution in [3.8, 4) is 0 Å². The van der Waals surface area contributed by atoms with Gasteiger partial charge in [-0.3, -0.25) is 4.79 Å². The minimum absolute atomic E-state index is 0.167. The first-order chi connectivity index (χ1) is 9.67. The van der Waals surface area contributed by atoms with Crippen molar-refractivity contribution in [3.05, 3.63) is 53.8 Å². The van der Waals surface area contributed by atoms with Crippen molar-refractivity contribution in [2.75, 3.05) is 16.9 Å². The molecule has 1 heterocycles. The molecule has 0 saturated heterocycles. The SMILES string of the molecule is CSc1ccc(NC2C(=O)Nc3ccc(F)cc32)cc1. The van der Waals surface area contributed by atoms with E-state index in [0.29, 0.717) is 11.3 Å². The van der Waals surface area contributed by atoms with Gasteiger partial charge in [-0.2, -0.15) is 0 Å². The summed E-state index contributed by atoms with van der Waals surface area (Å²) < 4.78 is 13.3. The van der Waals surface area contributed by atoms with Gasteiger partial charge < -0.3 is 10.6 Å². The summed E-state index contributed by atoms with van der Waals surface area (Å²) in [5, 5.41) is 5.88. The van der Waals surface area contributed by atoms with Gasteiger partial charge >= 0.3 is 0 Å². The molecule has 2 aromatic carbocycles. The molecule has 0 aromatic heterocycles. The molecule has 0 aliphatic carbocycles. The van der Waals surface area contributed by atoms with Crippen molar-refractivity contribution in [1.29, 1.82) is 0 Å². The third-order valence-electron chi connectivity index (χ3n) is 3.25. The van der Waals surface area contributed by atoms with Crippen molar-refractivity contribution in [1.82, 2.24) is 0 Å². The lowest BCUT2D eigenvalue weighted by molar-refractivity contribution is -0.116. The Bertz CT molecular complexity index is 657. The highest BCUT2D eigenvalue weighted by Gasteiger charge is 2.30. The molecule has 1 atom stereocenters. The topological polar surface area (TPSA) is 41.1 Å². The van der Waals surface area contributed by atoms with Gasteiger partial charge in [-0.15, -0.1) is 11.8 Å². The number of nitrogens with one attached hydrogen (secondary N) is 2. The number of amides is 1. The summed E-state index contributed by atoms with van der Waals surface area (Å²) in [5.74, 6) is -0.510. The molecule has 2 N–H and O–H groups in total.